The molecule has 0 N–H and O–H groups in total. The summed E-state index contributed by atoms with van der Waals surface area (Å²) in [5, 5.41) is 0. The van der Waals surface area contributed by atoms with Crippen molar-refractivity contribution in [1.29, 1.82) is 0 Å². The molecule has 0 fully saturated rings. The summed E-state index contributed by atoms with van der Waals surface area (Å²) in [6, 6.07) is 68.9. The summed E-state index contributed by atoms with van der Waals surface area (Å²) in [7, 11) is 0. The van der Waals surface area contributed by atoms with Crippen molar-refractivity contribution in [2.24, 2.45) is 0 Å². The second kappa shape index (κ2) is 9.26. The van der Waals surface area contributed by atoms with E-state index in [1.165, 1.54) is 100 Å². The van der Waals surface area contributed by atoms with Gasteiger partial charge < -0.3 is 0 Å². The van der Waals surface area contributed by atoms with E-state index in [0.717, 1.165) is 0 Å². The standard InChI is InChI=1S/C50H30/c1-7-19-41-33(13-1)34-14-2-8-20-42(34)49(41)46-24-12-6-18-38(46)40-29-31(26-28-47(40)49)32-25-27-39-37-17-5-11-23-45(37)50(48(39)30-32)43-21-9-3-15-35(43)36-16-4-10-22-44(36)50/h1-30H. The summed E-state index contributed by atoms with van der Waals surface area (Å²) in [5.74, 6) is 0. The summed E-state index contributed by atoms with van der Waals surface area (Å²) in [6.45, 7) is 0. The highest BCUT2D eigenvalue weighted by molar-refractivity contribution is 5.98. The molecule has 0 aliphatic heterocycles. The molecule has 230 valence electrons. The first kappa shape index (κ1) is 26.7. The van der Waals surface area contributed by atoms with Crippen molar-refractivity contribution in [2.75, 3.05) is 0 Å². The van der Waals surface area contributed by atoms with Gasteiger partial charge in [0.05, 0.1) is 10.8 Å². The maximum Gasteiger partial charge on any atom is 0.0725 e. The van der Waals surface area contributed by atoms with Crippen molar-refractivity contribution in [3.8, 4) is 55.6 Å². The third kappa shape index (κ3) is 2.93. The lowest BCUT2D eigenvalue weighted by molar-refractivity contribution is 0.793. The molecule has 0 amide bonds. The van der Waals surface area contributed by atoms with Crippen LogP contribution in [0.15, 0.2) is 182 Å². The van der Waals surface area contributed by atoms with Crippen molar-refractivity contribution in [2.45, 2.75) is 10.8 Å². The minimum Gasteiger partial charge on any atom is -0.0619 e. The molecule has 0 heteroatoms. The first-order valence-corrected chi connectivity index (χ1v) is 17.7. The van der Waals surface area contributed by atoms with E-state index in [0.29, 0.717) is 0 Å². The Morgan fingerprint density at radius 2 is 0.480 bits per heavy atom. The summed E-state index contributed by atoms with van der Waals surface area (Å²) in [5.41, 5.74) is 23.6. The van der Waals surface area contributed by atoms with Crippen molar-refractivity contribution >= 4 is 0 Å². The van der Waals surface area contributed by atoms with Gasteiger partial charge in [-0.25, -0.2) is 0 Å². The zero-order valence-corrected chi connectivity index (χ0v) is 27.3. The van der Waals surface area contributed by atoms with Gasteiger partial charge in [-0.15, -0.1) is 0 Å². The third-order valence-corrected chi connectivity index (χ3v) is 12.3. The van der Waals surface area contributed by atoms with Gasteiger partial charge in [0, 0.05) is 0 Å². The van der Waals surface area contributed by atoms with Crippen LogP contribution in [0.25, 0.3) is 55.6 Å². The minimum absolute atomic E-state index is 0.321. The Labute approximate surface area is 292 Å². The van der Waals surface area contributed by atoms with Gasteiger partial charge in [0.15, 0.2) is 0 Å². The highest BCUT2D eigenvalue weighted by Gasteiger charge is 2.53. The van der Waals surface area contributed by atoms with Crippen LogP contribution in [0.3, 0.4) is 0 Å². The summed E-state index contributed by atoms with van der Waals surface area (Å²) < 4.78 is 0. The maximum absolute atomic E-state index is 2.51. The molecule has 0 bridgehead atoms. The average molecular weight is 631 g/mol. The molecule has 0 radical (unpaired) electrons. The Morgan fingerprint density at radius 1 is 0.200 bits per heavy atom. The van der Waals surface area contributed by atoms with E-state index in [1.54, 1.807) is 0 Å². The molecule has 0 nitrogen and oxygen atoms in total. The normalized spacial score (nSPS) is 15.1. The van der Waals surface area contributed by atoms with E-state index >= 15 is 0 Å². The highest BCUT2D eigenvalue weighted by Crippen LogP contribution is 2.65. The van der Waals surface area contributed by atoms with Crippen LogP contribution in [0.5, 0.6) is 0 Å². The van der Waals surface area contributed by atoms with Crippen LogP contribution in [0, 0.1) is 0 Å². The number of rotatable bonds is 1. The van der Waals surface area contributed by atoms with Gasteiger partial charge in [0.25, 0.3) is 0 Å². The molecule has 50 heavy (non-hydrogen) atoms. The molecule has 4 aliphatic rings. The van der Waals surface area contributed by atoms with Crippen LogP contribution in [0.4, 0.5) is 0 Å². The molecule has 0 aromatic heterocycles. The Balaban J connectivity index is 1.11. The first-order chi connectivity index (χ1) is 24.8. The molecule has 0 atom stereocenters. The number of hydrogen-bond donors (Lipinski definition) is 0. The SMILES string of the molecule is c1ccc2c(c1)-c1ccccc1C21c2ccccc2-c2cc(-c3ccc4c(c3)C3(c5ccccc5-c5ccccc53)c3ccccc3-4)ccc21. The summed E-state index contributed by atoms with van der Waals surface area (Å²) in [4.78, 5) is 0. The third-order valence-electron chi connectivity index (χ3n) is 12.3. The van der Waals surface area contributed by atoms with Crippen LogP contribution >= 0.6 is 0 Å². The maximum atomic E-state index is 2.51. The van der Waals surface area contributed by atoms with Crippen molar-refractivity contribution in [1.82, 2.24) is 0 Å². The Bertz CT molecular complexity index is 2670. The molecular weight excluding hydrogens is 601 g/mol. The zero-order chi connectivity index (χ0) is 32.6. The topological polar surface area (TPSA) is 0 Å². The smallest absolute Gasteiger partial charge is 0.0619 e. The predicted molar refractivity (Wildman–Crippen MR) is 204 cm³/mol. The lowest BCUT2D eigenvalue weighted by Gasteiger charge is -2.31. The molecule has 0 heterocycles. The van der Waals surface area contributed by atoms with Gasteiger partial charge in [-0.05, 0) is 112 Å². The zero-order valence-electron chi connectivity index (χ0n) is 27.3. The van der Waals surface area contributed by atoms with E-state index in [9.17, 15) is 0 Å². The van der Waals surface area contributed by atoms with Gasteiger partial charge in [-0.2, -0.15) is 0 Å². The monoisotopic (exact) mass is 630 g/mol. The molecular formula is C50H30. The average Bonchev–Trinajstić information content (AvgIpc) is 3.86. The molecule has 0 unspecified atom stereocenters. The van der Waals surface area contributed by atoms with E-state index in [2.05, 4.69) is 182 Å². The molecule has 8 aromatic rings. The number of benzene rings is 8. The molecule has 4 aliphatic carbocycles. The van der Waals surface area contributed by atoms with Crippen LogP contribution in [0.2, 0.25) is 0 Å². The van der Waals surface area contributed by atoms with Crippen LogP contribution in [-0.4, -0.2) is 0 Å². The number of fused-ring (bicyclic) bond motifs is 20. The van der Waals surface area contributed by atoms with Gasteiger partial charge in [-0.3, -0.25) is 0 Å². The van der Waals surface area contributed by atoms with Gasteiger partial charge in [-0.1, -0.05) is 170 Å². The van der Waals surface area contributed by atoms with E-state index < -0.39 is 0 Å². The second-order valence-corrected chi connectivity index (χ2v) is 14.3. The van der Waals surface area contributed by atoms with Crippen LogP contribution in [-0.2, 0) is 10.8 Å². The van der Waals surface area contributed by atoms with Gasteiger partial charge in [0.1, 0.15) is 0 Å². The lowest BCUT2D eigenvalue weighted by Crippen LogP contribution is -2.26. The molecule has 0 saturated heterocycles. The first-order valence-electron chi connectivity index (χ1n) is 17.7. The van der Waals surface area contributed by atoms with Crippen molar-refractivity contribution in [3.63, 3.8) is 0 Å². The largest absolute Gasteiger partial charge is 0.0725 e. The fraction of sp³-hybridized carbons (Fsp3) is 0.0400. The fourth-order valence-electron chi connectivity index (χ4n) is 10.6. The Hall–Kier alpha value is -6.24. The van der Waals surface area contributed by atoms with E-state index in [-0.39, 0.29) is 10.8 Å². The van der Waals surface area contributed by atoms with Crippen molar-refractivity contribution in [3.05, 3.63) is 226 Å². The predicted octanol–water partition coefficient (Wildman–Crippen LogP) is 12.0. The van der Waals surface area contributed by atoms with E-state index in [4.69, 9.17) is 0 Å². The highest BCUT2D eigenvalue weighted by atomic mass is 14.5. The van der Waals surface area contributed by atoms with Crippen molar-refractivity contribution < 1.29 is 0 Å². The van der Waals surface area contributed by atoms with Gasteiger partial charge in [0.2, 0.25) is 0 Å². The summed E-state index contributed by atoms with van der Waals surface area (Å²) in [6.07, 6.45) is 0. The lowest BCUT2D eigenvalue weighted by atomic mass is 9.70. The quantitative estimate of drug-likeness (QED) is 0.169. The second-order valence-electron chi connectivity index (χ2n) is 14.3. The number of hydrogen-bond acceptors (Lipinski definition) is 0. The Kier molecular flexibility index (Phi) is 4.94. The molecule has 2 spiro atoms. The minimum atomic E-state index is -0.347. The molecule has 12 rings (SSSR count). The van der Waals surface area contributed by atoms with Crippen LogP contribution in [0.1, 0.15) is 44.5 Å². The summed E-state index contributed by atoms with van der Waals surface area (Å²) >= 11 is 0. The van der Waals surface area contributed by atoms with Crippen LogP contribution < -0.4 is 0 Å². The van der Waals surface area contributed by atoms with Gasteiger partial charge >= 0.3 is 0 Å². The molecule has 8 aromatic carbocycles. The Morgan fingerprint density at radius 3 is 0.900 bits per heavy atom. The fourth-order valence-corrected chi connectivity index (χ4v) is 10.6. The van der Waals surface area contributed by atoms with E-state index in [1.807, 2.05) is 0 Å². The molecule has 0 saturated carbocycles.